The van der Waals surface area contributed by atoms with Gasteiger partial charge in [-0.15, -0.1) is 5.26 Å². The van der Waals surface area contributed by atoms with E-state index in [-0.39, 0.29) is 0 Å². The highest BCUT2D eigenvalue weighted by Gasteiger charge is 2.02. The average molecular weight is 277 g/mol. The number of benzene rings is 1. The van der Waals surface area contributed by atoms with Crippen LogP contribution in [0.1, 0.15) is 0 Å². The van der Waals surface area contributed by atoms with E-state index in [0.29, 0.717) is 5.75 Å². The molecule has 0 amide bonds. The van der Waals surface area contributed by atoms with Gasteiger partial charge < -0.3 is 4.74 Å². The fourth-order valence-corrected chi connectivity index (χ4v) is 1.31. The molecule has 11 heavy (non-hydrogen) atoms. The van der Waals surface area contributed by atoms with Crippen LogP contribution in [0.2, 0.25) is 0 Å². The standard InChI is InChI=1S/C7H3Br2NO/c8-5-2-1-3-6(7(5)9)11-4-10/h1-3H. The Labute approximate surface area is 81.0 Å². The van der Waals surface area contributed by atoms with Crippen molar-refractivity contribution < 1.29 is 4.74 Å². The number of ether oxygens (including phenoxy) is 1. The summed E-state index contributed by atoms with van der Waals surface area (Å²) >= 11 is 6.54. The minimum atomic E-state index is 0.516. The number of hydrogen-bond acceptors (Lipinski definition) is 2. The van der Waals surface area contributed by atoms with Gasteiger partial charge in [0.2, 0.25) is 0 Å². The van der Waals surface area contributed by atoms with Crippen molar-refractivity contribution in [2.24, 2.45) is 0 Å². The second-order valence-corrected chi connectivity index (χ2v) is 3.39. The largest absolute Gasteiger partial charge is 0.387 e. The molecule has 0 saturated heterocycles. The minimum absolute atomic E-state index is 0.516. The van der Waals surface area contributed by atoms with Gasteiger partial charge in [-0.25, -0.2) is 0 Å². The Morgan fingerprint density at radius 1 is 1.36 bits per heavy atom. The van der Waals surface area contributed by atoms with Crippen molar-refractivity contribution in [3.05, 3.63) is 27.1 Å². The number of halogens is 2. The molecular formula is C7H3Br2NO. The van der Waals surface area contributed by atoms with Crippen LogP contribution in [-0.4, -0.2) is 0 Å². The van der Waals surface area contributed by atoms with E-state index in [2.05, 4.69) is 36.6 Å². The summed E-state index contributed by atoms with van der Waals surface area (Å²) in [6.07, 6.45) is 1.60. The summed E-state index contributed by atoms with van der Waals surface area (Å²) < 4.78 is 6.26. The van der Waals surface area contributed by atoms with E-state index in [4.69, 9.17) is 5.26 Å². The van der Waals surface area contributed by atoms with E-state index in [0.717, 1.165) is 8.95 Å². The number of rotatable bonds is 1. The van der Waals surface area contributed by atoms with Gasteiger partial charge in [-0.05, 0) is 44.0 Å². The zero-order valence-corrected chi connectivity index (χ0v) is 8.52. The van der Waals surface area contributed by atoms with Gasteiger partial charge in [0.1, 0.15) is 0 Å². The monoisotopic (exact) mass is 275 g/mol. The van der Waals surface area contributed by atoms with Gasteiger partial charge in [-0.1, -0.05) is 6.07 Å². The lowest BCUT2D eigenvalue weighted by Crippen LogP contribution is -1.82. The summed E-state index contributed by atoms with van der Waals surface area (Å²) in [5.74, 6) is 0.516. The first-order valence-electron chi connectivity index (χ1n) is 2.75. The summed E-state index contributed by atoms with van der Waals surface area (Å²) in [4.78, 5) is 0. The van der Waals surface area contributed by atoms with Crippen molar-refractivity contribution in [3.8, 4) is 12.0 Å². The number of nitriles is 1. The Balaban J connectivity index is 3.08. The van der Waals surface area contributed by atoms with Crippen LogP contribution in [0.25, 0.3) is 0 Å². The predicted octanol–water partition coefficient (Wildman–Crippen LogP) is 3.07. The summed E-state index contributed by atoms with van der Waals surface area (Å²) in [5.41, 5.74) is 0. The zero-order chi connectivity index (χ0) is 8.27. The quantitative estimate of drug-likeness (QED) is 0.739. The zero-order valence-electron chi connectivity index (χ0n) is 5.34. The van der Waals surface area contributed by atoms with Gasteiger partial charge in [0.15, 0.2) is 5.75 Å². The molecule has 0 unspecified atom stereocenters. The summed E-state index contributed by atoms with van der Waals surface area (Å²) in [5, 5.41) is 8.23. The lowest BCUT2D eigenvalue weighted by molar-refractivity contribution is 0.503. The fourth-order valence-electron chi connectivity index (χ4n) is 0.612. The minimum Gasteiger partial charge on any atom is -0.387 e. The van der Waals surface area contributed by atoms with Crippen molar-refractivity contribution in [1.29, 1.82) is 5.26 Å². The van der Waals surface area contributed by atoms with Gasteiger partial charge in [0.05, 0.1) is 4.47 Å². The molecule has 0 aliphatic rings. The third-order valence-electron chi connectivity index (χ3n) is 1.07. The van der Waals surface area contributed by atoms with E-state index < -0.39 is 0 Å². The molecule has 0 aliphatic heterocycles. The lowest BCUT2D eigenvalue weighted by Gasteiger charge is -1.99. The van der Waals surface area contributed by atoms with Crippen molar-refractivity contribution in [3.63, 3.8) is 0 Å². The maximum Gasteiger partial charge on any atom is 0.292 e. The molecule has 0 aliphatic carbocycles. The maximum atomic E-state index is 8.23. The van der Waals surface area contributed by atoms with Gasteiger partial charge in [-0.2, -0.15) is 0 Å². The van der Waals surface area contributed by atoms with E-state index in [1.165, 1.54) is 0 Å². The Morgan fingerprint density at radius 3 is 2.73 bits per heavy atom. The van der Waals surface area contributed by atoms with E-state index in [9.17, 15) is 0 Å². The van der Waals surface area contributed by atoms with Crippen LogP contribution < -0.4 is 4.74 Å². The second kappa shape index (κ2) is 3.74. The fraction of sp³-hybridized carbons (Fsp3) is 0. The SMILES string of the molecule is N#COc1cccc(Br)c1Br. The van der Waals surface area contributed by atoms with Gasteiger partial charge in [0, 0.05) is 4.47 Å². The molecule has 0 fully saturated rings. The van der Waals surface area contributed by atoms with Crippen molar-refractivity contribution in [2.45, 2.75) is 0 Å². The molecule has 0 N–H and O–H groups in total. The third kappa shape index (κ3) is 1.95. The Bertz CT molecular complexity index is 306. The van der Waals surface area contributed by atoms with Crippen LogP contribution in [-0.2, 0) is 0 Å². The molecule has 0 spiro atoms. The first-order valence-corrected chi connectivity index (χ1v) is 4.34. The van der Waals surface area contributed by atoms with E-state index in [1.54, 1.807) is 18.4 Å². The summed E-state index contributed by atoms with van der Waals surface area (Å²) in [7, 11) is 0. The first-order chi connectivity index (χ1) is 5.25. The molecule has 0 heterocycles. The smallest absolute Gasteiger partial charge is 0.292 e. The maximum absolute atomic E-state index is 8.23. The number of nitrogens with zero attached hydrogens (tertiary/aromatic N) is 1. The molecule has 4 heteroatoms. The highest BCUT2D eigenvalue weighted by Crippen LogP contribution is 2.31. The molecule has 0 aromatic heterocycles. The van der Waals surface area contributed by atoms with Crippen molar-refractivity contribution in [2.75, 3.05) is 0 Å². The van der Waals surface area contributed by atoms with Crippen LogP contribution >= 0.6 is 31.9 Å². The molecule has 0 saturated carbocycles. The first kappa shape index (κ1) is 8.57. The van der Waals surface area contributed by atoms with Gasteiger partial charge >= 0.3 is 0 Å². The summed E-state index contributed by atoms with van der Waals surface area (Å²) in [6.45, 7) is 0. The predicted molar refractivity (Wildman–Crippen MR) is 48.1 cm³/mol. The Morgan fingerprint density at radius 2 is 2.09 bits per heavy atom. The van der Waals surface area contributed by atoms with Crippen LogP contribution in [0.15, 0.2) is 27.1 Å². The Kier molecular flexibility index (Phi) is 2.92. The molecule has 56 valence electrons. The van der Waals surface area contributed by atoms with Crippen LogP contribution in [0.4, 0.5) is 0 Å². The third-order valence-corrected chi connectivity index (χ3v) is 3.08. The molecule has 2 nitrogen and oxygen atoms in total. The van der Waals surface area contributed by atoms with Crippen molar-refractivity contribution in [1.82, 2.24) is 0 Å². The Hall–Kier alpha value is -0.530. The molecule has 0 bridgehead atoms. The molecule has 1 aromatic carbocycles. The van der Waals surface area contributed by atoms with Gasteiger partial charge in [0.25, 0.3) is 6.26 Å². The van der Waals surface area contributed by atoms with E-state index >= 15 is 0 Å². The van der Waals surface area contributed by atoms with Crippen molar-refractivity contribution >= 4 is 31.9 Å². The molecule has 1 rings (SSSR count). The average Bonchev–Trinajstić information content (AvgIpc) is 1.99. The van der Waals surface area contributed by atoms with Crippen LogP contribution in [0.5, 0.6) is 5.75 Å². The highest BCUT2D eigenvalue weighted by molar-refractivity contribution is 9.13. The normalized spacial score (nSPS) is 8.82. The highest BCUT2D eigenvalue weighted by atomic mass is 79.9. The molecular weight excluding hydrogens is 274 g/mol. The topological polar surface area (TPSA) is 33.0 Å². The number of hydrogen-bond donors (Lipinski definition) is 0. The van der Waals surface area contributed by atoms with E-state index in [1.807, 2.05) is 6.07 Å². The van der Waals surface area contributed by atoms with Gasteiger partial charge in [-0.3, -0.25) is 0 Å². The summed E-state index contributed by atoms with van der Waals surface area (Å²) in [6, 6.07) is 5.36. The van der Waals surface area contributed by atoms with Crippen LogP contribution in [0.3, 0.4) is 0 Å². The van der Waals surface area contributed by atoms with Crippen LogP contribution in [0, 0.1) is 11.5 Å². The lowest BCUT2D eigenvalue weighted by atomic mass is 10.3. The second-order valence-electron chi connectivity index (χ2n) is 1.75. The molecule has 0 atom stereocenters. The molecule has 1 aromatic rings. The molecule has 0 radical (unpaired) electrons.